The van der Waals surface area contributed by atoms with E-state index in [-0.39, 0.29) is 11.7 Å². The van der Waals surface area contributed by atoms with Crippen LogP contribution in [0.15, 0.2) is 54.7 Å². The summed E-state index contributed by atoms with van der Waals surface area (Å²) >= 11 is 0. The molecule has 0 spiro atoms. The molecule has 0 aliphatic carbocycles. The monoisotopic (exact) mass is 628 g/mol. The highest BCUT2D eigenvalue weighted by Gasteiger charge is 2.41. The number of hydrogen-bond acceptors (Lipinski definition) is 7. The van der Waals surface area contributed by atoms with Crippen LogP contribution in [0.4, 0.5) is 4.39 Å². The molecule has 1 aromatic heterocycles. The maximum absolute atomic E-state index is 14.6. The first-order valence-corrected chi connectivity index (χ1v) is 14.5. The van der Waals surface area contributed by atoms with E-state index in [1.807, 2.05) is 6.07 Å². The maximum Gasteiger partial charge on any atom is 0.336 e. The third-order valence-corrected chi connectivity index (χ3v) is 7.85. The molecule has 3 aromatic rings. The first kappa shape index (κ1) is 35.2. The Morgan fingerprint density at radius 1 is 0.956 bits per heavy atom. The van der Waals surface area contributed by atoms with E-state index in [0.717, 1.165) is 32.7 Å². The van der Waals surface area contributed by atoms with Gasteiger partial charge < -0.3 is 35.2 Å². The van der Waals surface area contributed by atoms with Crippen molar-refractivity contribution in [2.75, 3.05) is 33.7 Å². The highest BCUT2D eigenvalue weighted by Crippen LogP contribution is 2.35. The van der Waals surface area contributed by atoms with Gasteiger partial charge >= 0.3 is 17.9 Å². The first-order chi connectivity index (χ1) is 21.2. The number of carboxylic acids is 3. The van der Waals surface area contributed by atoms with Gasteiger partial charge in [0.25, 0.3) is 0 Å². The second-order valence-electron chi connectivity index (χ2n) is 11.7. The number of nitrogens with zero attached hydrogens (tertiary/aromatic N) is 3. The minimum atomic E-state index is -2.74. The molecule has 5 N–H and O–H groups in total. The average molecular weight is 629 g/mol. The van der Waals surface area contributed by atoms with Crippen LogP contribution < -0.4 is 5.32 Å². The van der Waals surface area contributed by atoms with E-state index in [1.54, 1.807) is 12.1 Å². The smallest absolute Gasteiger partial charge is 0.336 e. The molecular formula is C32H41FN4O8. The SMILES string of the molecule is CC(=O)NC1(c2ccccc2F)CCN(Cc2cn(CCN(C)C)c3ccccc23)CC1.O=C(O)CC(O)(CC(=O)O)C(=O)O. The maximum atomic E-state index is 14.6. The Morgan fingerprint density at radius 3 is 2.07 bits per heavy atom. The quantitative estimate of drug-likeness (QED) is 0.201. The molecule has 12 nitrogen and oxygen atoms in total. The van der Waals surface area contributed by atoms with Crippen LogP contribution in [-0.4, -0.2) is 97.9 Å². The average Bonchev–Trinajstić information content (AvgIpc) is 3.29. The predicted octanol–water partition coefficient (Wildman–Crippen LogP) is 2.72. The summed E-state index contributed by atoms with van der Waals surface area (Å²) in [6, 6.07) is 15.4. The molecule has 0 unspecified atom stereocenters. The Bertz CT molecular complexity index is 1500. The number of benzene rings is 2. The molecule has 1 aliphatic rings. The summed E-state index contributed by atoms with van der Waals surface area (Å²) in [6.07, 6.45) is 1.36. The molecule has 1 aliphatic heterocycles. The van der Waals surface area contributed by atoms with Gasteiger partial charge in [-0.2, -0.15) is 0 Å². The summed E-state index contributed by atoms with van der Waals surface area (Å²) in [5, 5.41) is 38.2. The minimum absolute atomic E-state index is 0.120. The molecule has 0 bridgehead atoms. The van der Waals surface area contributed by atoms with Crippen LogP contribution >= 0.6 is 0 Å². The molecule has 2 heterocycles. The second kappa shape index (κ2) is 15.1. The molecular weight excluding hydrogens is 587 g/mol. The van der Waals surface area contributed by atoms with Crippen LogP contribution in [0.5, 0.6) is 0 Å². The van der Waals surface area contributed by atoms with E-state index in [1.165, 1.54) is 29.5 Å². The fourth-order valence-corrected chi connectivity index (χ4v) is 5.64. The lowest BCUT2D eigenvalue weighted by Crippen LogP contribution is -2.52. The van der Waals surface area contributed by atoms with Crippen molar-refractivity contribution < 1.29 is 44.0 Å². The fourth-order valence-electron chi connectivity index (χ4n) is 5.64. The molecule has 1 fully saturated rings. The number of fused-ring (bicyclic) bond motifs is 1. The summed E-state index contributed by atoms with van der Waals surface area (Å²) in [5.41, 5.74) is -0.210. The highest BCUT2D eigenvalue weighted by atomic mass is 19.1. The van der Waals surface area contributed by atoms with E-state index in [9.17, 15) is 23.6 Å². The van der Waals surface area contributed by atoms with Crippen LogP contribution in [0.2, 0.25) is 0 Å². The number of aromatic nitrogens is 1. The van der Waals surface area contributed by atoms with Crippen molar-refractivity contribution in [1.29, 1.82) is 0 Å². The number of hydrogen-bond donors (Lipinski definition) is 5. The van der Waals surface area contributed by atoms with E-state index < -0.39 is 41.9 Å². The number of piperidine rings is 1. The number of likely N-dealkylation sites (N-methyl/N-ethyl adjacent to an activating group) is 1. The van der Waals surface area contributed by atoms with Crippen molar-refractivity contribution in [2.45, 2.75) is 56.8 Å². The topological polar surface area (TPSA) is 173 Å². The van der Waals surface area contributed by atoms with Gasteiger partial charge in [0, 0.05) is 62.3 Å². The van der Waals surface area contributed by atoms with Crippen molar-refractivity contribution in [1.82, 2.24) is 19.7 Å². The van der Waals surface area contributed by atoms with Crippen LogP contribution in [0.1, 0.15) is 43.7 Å². The molecule has 45 heavy (non-hydrogen) atoms. The molecule has 0 saturated carbocycles. The first-order valence-electron chi connectivity index (χ1n) is 14.5. The number of likely N-dealkylation sites (tertiary alicyclic amines) is 1. The lowest BCUT2D eigenvalue weighted by atomic mass is 9.80. The third-order valence-electron chi connectivity index (χ3n) is 7.85. The van der Waals surface area contributed by atoms with Crippen LogP contribution in [-0.2, 0) is 37.8 Å². The molecule has 244 valence electrons. The van der Waals surface area contributed by atoms with Crippen LogP contribution in [0.25, 0.3) is 10.9 Å². The lowest BCUT2D eigenvalue weighted by Gasteiger charge is -2.42. The van der Waals surface area contributed by atoms with Crippen molar-refractivity contribution in [3.63, 3.8) is 0 Å². The Kier molecular flexibility index (Phi) is 11.8. The summed E-state index contributed by atoms with van der Waals surface area (Å²) in [7, 11) is 4.19. The van der Waals surface area contributed by atoms with Gasteiger partial charge in [0.05, 0.1) is 18.4 Å². The minimum Gasteiger partial charge on any atom is -0.481 e. The molecule has 2 aromatic carbocycles. The Balaban J connectivity index is 0.000000360. The summed E-state index contributed by atoms with van der Waals surface area (Å²) in [5.74, 6) is -5.39. The zero-order valence-electron chi connectivity index (χ0n) is 25.7. The highest BCUT2D eigenvalue weighted by molar-refractivity contribution is 5.88. The number of carbonyl (C=O) groups excluding carboxylic acids is 1. The summed E-state index contributed by atoms with van der Waals surface area (Å²) in [4.78, 5) is 47.1. The Labute approximate surface area is 260 Å². The van der Waals surface area contributed by atoms with Crippen LogP contribution in [0.3, 0.4) is 0 Å². The molecule has 4 rings (SSSR count). The van der Waals surface area contributed by atoms with Crippen molar-refractivity contribution in [3.05, 3.63) is 71.7 Å². The summed E-state index contributed by atoms with van der Waals surface area (Å²) in [6.45, 7) is 5.90. The number of halogens is 1. The largest absolute Gasteiger partial charge is 0.481 e. The number of nitrogens with one attached hydrogen (secondary N) is 1. The number of rotatable bonds is 12. The van der Waals surface area contributed by atoms with Gasteiger partial charge in [-0.05, 0) is 44.6 Å². The molecule has 0 atom stereocenters. The summed E-state index contributed by atoms with van der Waals surface area (Å²) < 4.78 is 17.0. The number of aliphatic carboxylic acids is 3. The van der Waals surface area contributed by atoms with E-state index in [0.29, 0.717) is 18.4 Å². The van der Waals surface area contributed by atoms with Gasteiger partial charge in [-0.3, -0.25) is 19.3 Å². The Morgan fingerprint density at radius 2 is 1.53 bits per heavy atom. The van der Waals surface area contributed by atoms with Crippen LogP contribution in [0, 0.1) is 5.82 Å². The number of carboxylic acid groups (broad SMARTS) is 3. The molecule has 1 amide bonds. The standard InChI is InChI=1S/C26H33FN4O.C6H8O7/c1-20(32)28-26(23-9-5-6-10-24(23)27)12-14-30(15-13-26)18-21-19-31(17-16-29(2)3)25-11-7-4-8-22(21)25;7-3(8)1-6(13,5(11)12)2-4(9)10/h4-11,19H,12-18H2,1-3H3,(H,28,32);13H,1-2H2,(H,7,8)(H,9,10)(H,11,12). The van der Waals surface area contributed by atoms with Crippen molar-refractivity contribution in [3.8, 4) is 0 Å². The van der Waals surface area contributed by atoms with Gasteiger partial charge in [0.1, 0.15) is 5.82 Å². The zero-order chi connectivity index (χ0) is 33.4. The van der Waals surface area contributed by atoms with Gasteiger partial charge in [-0.1, -0.05) is 36.4 Å². The predicted molar refractivity (Wildman–Crippen MR) is 164 cm³/mol. The number of carbonyl (C=O) groups is 4. The van der Waals surface area contributed by atoms with E-state index in [2.05, 4.69) is 64.2 Å². The lowest BCUT2D eigenvalue weighted by molar-refractivity contribution is -0.170. The number of amides is 1. The van der Waals surface area contributed by atoms with Crippen molar-refractivity contribution >= 4 is 34.7 Å². The normalized spacial score (nSPS) is 14.9. The molecule has 1 saturated heterocycles. The van der Waals surface area contributed by atoms with Gasteiger partial charge in [-0.15, -0.1) is 0 Å². The van der Waals surface area contributed by atoms with Gasteiger partial charge in [0.15, 0.2) is 5.60 Å². The van der Waals surface area contributed by atoms with Gasteiger partial charge in [-0.25, -0.2) is 9.18 Å². The molecule has 13 heteroatoms. The van der Waals surface area contributed by atoms with E-state index >= 15 is 0 Å². The van der Waals surface area contributed by atoms with Crippen molar-refractivity contribution in [2.24, 2.45) is 0 Å². The van der Waals surface area contributed by atoms with E-state index in [4.69, 9.17) is 20.4 Å². The fraction of sp³-hybridized carbons (Fsp3) is 0.438. The third kappa shape index (κ3) is 9.33. The number of aliphatic hydroxyl groups is 1. The molecule has 0 radical (unpaired) electrons. The Hall–Kier alpha value is -4.33. The van der Waals surface area contributed by atoms with Gasteiger partial charge in [0.2, 0.25) is 5.91 Å². The number of para-hydroxylation sites is 1. The second-order valence-corrected chi connectivity index (χ2v) is 11.7. The zero-order valence-corrected chi connectivity index (χ0v) is 25.7.